The molecule has 7 heteroatoms. The second-order valence-electron chi connectivity index (χ2n) is 7.03. The first-order valence-electron chi connectivity index (χ1n) is 9.77. The van der Waals surface area contributed by atoms with Crippen LogP contribution in [0.1, 0.15) is 49.0 Å². The van der Waals surface area contributed by atoms with E-state index in [0.717, 1.165) is 37.9 Å². The molecule has 3 aromatic rings. The lowest BCUT2D eigenvalue weighted by Crippen LogP contribution is -2.24. The second kappa shape index (κ2) is 7.54. The Labute approximate surface area is 166 Å². The average Bonchev–Trinajstić information content (AvgIpc) is 3.34. The molecule has 1 fully saturated rings. The summed E-state index contributed by atoms with van der Waals surface area (Å²) in [5, 5.41) is 2.08. The molecule has 4 rings (SSSR count). The summed E-state index contributed by atoms with van der Waals surface area (Å²) in [6, 6.07) is 1.30. The number of rotatable bonds is 5. The number of fused-ring (bicyclic) bond motifs is 3. The quantitative estimate of drug-likeness (QED) is 0.594. The van der Waals surface area contributed by atoms with Crippen molar-refractivity contribution in [3.8, 4) is 0 Å². The van der Waals surface area contributed by atoms with Gasteiger partial charge < -0.3 is 14.0 Å². The van der Waals surface area contributed by atoms with Gasteiger partial charge in [0.25, 0.3) is 0 Å². The van der Waals surface area contributed by atoms with Crippen LogP contribution in [-0.2, 0) is 11.2 Å². The summed E-state index contributed by atoms with van der Waals surface area (Å²) < 4.78 is 22.2. The molecule has 0 radical (unpaired) electrons. The number of carbonyl (C=O) groups is 1. The minimum Gasteiger partial charge on any atom is -0.462 e. The van der Waals surface area contributed by atoms with Gasteiger partial charge in [-0.25, -0.2) is 9.18 Å². The van der Waals surface area contributed by atoms with E-state index in [-0.39, 0.29) is 23.4 Å². The topological polar surface area (TPSA) is 51.0 Å². The van der Waals surface area contributed by atoms with Crippen LogP contribution in [0.4, 0.5) is 10.1 Å². The van der Waals surface area contributed by atoms with Crippen molar-refractivity contribution in [1.82, 2.24) is 4.40 Å². The van der Waals surface area contributed by atoms with E-state index in [1.165, 1.54) is 17.4 Å². The maximum Gasteiger partial charge on any atom is 0.345 e. The van der Waals surface area contributed by atoms with Crippen molar-refractivity contribution in [2.24, 2.45) is 0 Å². The summed E-state index contributed by atoms with van der Waals surface area (Å²) in [6.45, 7) is 5.56. The number of thiazole rings is 1. The van der Waals surface area contributed by atoms with Gasteiger partial charge in [-0.3, -0.25) is 4.79 Å². The Kier molecular flexibility index (Phi) is 5.10. The molecule has 1 aliphatic rings. The number of carbonyl (C=O) groups excluding carboxylic acids is 1. The molecule has 0 atom stereocenters. The van der Waals surface area contributed by atoms with Crippen LogP contribution in [0.2, 0.25) is 0 Å². The number of benzene rings is 1. The molecule has 148 valence electrons. The molecule has 0 saturated carbocycles. The van der Waals surface area contributed by atoms with Gasteiger partial charge >= 0.3 is 5.97 Å². The molecule has 0 N–H and O–H groups in total. The number of hydrogen-bond acceptors (Lipinski definition) is 5. The number of aryl methyl sites for hydroxylation is 1. The number of aromatic nitrogens is 1. The number of hydrogen-bond donors (Lipinski definition) is 0. The summed E-state index contributed by atoms with van der Waals surface area (Å²) in [5.41, 5.74) is 1.69. The van der Waals surface area contributed by atoms with Gasteiger partial charge in [0.15, 0.2) is 0 Å². The second-order valence-corrected chi connectivity index (χ2v) is 7.92. The third kappa shape index (κ3) is 2.89. The average molecular weight is 402 g/mol. The minimum atomic E-state index is -0.657. The molecule has 1 aliphatic heterocycles. The van der Waals surface area contributed by atoms with Gasteiger partial charge in [-0.05, 0) is 32.3 Å². The van der Waals surface area contributed by atoms with Crippen LogP contribution >= 0.6 is 11.3 Å². The van der Waals surface area contributed by atoms with E-state index in [2.05, 4.69) is 4.90 Å². The fourth-order valence-electron chi connectivity index (χ4n) is 4.15. The highest BCUT2D eigenvalue weighted by Gasteiger charge is 2.27. The summed E-state index contributed by atoms with van der Waals surface area (Å²) in [4.78, 5) is 28.3. The van der Waals surface area contributed by atoms with Crippen molar-refractivity contribution < 1.29 is 13.9 Å². The van der Waals surface area contributed by atoms with Gasteiger partial charge in [-0.2, -0.15) is 0 Å². The molecule has 0 unspecified atom stereocenters. The molecule has 3 heterocycles. The molecule has 2 aromatic heterocycles. The summed E-state index contributed by atoms with van der Waals surface area (Å²) in [7, 11) is 0. The standard InChI is InChI=1S/C21H23FN2O3S/c1-3-7-13-17-14(12-15(22)18(13)23-8-5-6-9-23)19(25)16(21(26)27-4-2)20-24(17)10-11-28-20/h10-12H,3-9H2,1-2H3. The van der Waals surface area contributed by atoms with Gasteiger partial charge in [0.05, 0.1) is 23.2 Å². The Morgan fingerprint density at radius 3 is 2.71 bits per heavy atom. The maximum absolute atomic E-state index is 15.2. The fraction of sp³-hybridized carbons (Fsp3) is 0.429. The van der Waals surface area contributed by atoms with Crippen LogP contribution < -0.4 is 10.3 Å². The van der Waals surface area contributed by atoms with Crippen molar-refractivity contribution in [3.05, 3.63) is 44.8 Å². The molecule has 5 nitrogen and oxygen atoms in total. The molecule has 1 aromatic carbocycles. The summed E-state index contributed by atoms with van der Waals surface area (Å²) >= 11 is 1.32. The number of pyridine rings is 1. The van der Waals surface area contributed by atoms with E-state index in [9.17, 15) is 9.59 Å². The van der Waals surface area contributed by atoms with Crippen LogP contribution in [0, 0.1) is 5.82 Å². The van der Waals surface area contributed by atoms with E-state index >= 15 is 4.39 Å². The fourth-order valence-corrected chi connectivity index (χ4v) is 5.02. The monoisotopic (exact) mass is 402 g/mol. The number of ether oxygens (including phenoxy) is 1. The predicted molar refractivity (Wildman–Crippen MR) is 110 cm³/mol. The third-order valence-electron chi connectivity index (χ3n) is 5.26. The first-order chi connectivity index (χ1) is 13.6. The Hall–Kier alpha value is -2.41. The van der Waals surface area contributed by atoms with Gasteiger partial charge in [0.1, 0.15) is 16.2 Å². The highest BCUT2D eigenvalue weighted by Crippen LogP contribution is 2.35. The highest BCUT2D eigenvalue weighted by molar-refractivity contribution is 7.16. The smallest absolute Gasteiger partial charge is 0.345 e. The summed E-state index contributed by atoms with van der Waals surface area (Å²) in [6.07, 6.45) is 5.42. The molecule has 0 spiro atoms. The predicted octanol–water partition coefficient (Wildman–Crippen LogP) is 4.38. The highest BCUT2D eigenvalue weighted by atomic mass is 32.1. The van der Waals surface area contributed by atoms with Crippen molar-refractivity contribution in [1.29, 1.82) is 0 Å². The van der Waals surface area contributed by atoms with E-state index < -0.39 is 11.4 Å². The first-order valence-corrected chi connectivity index (χ1v) is 10.6. The number of anilines is 1. The Morgan fingerprint density at radius 1 is 1.29 bits per heavy atom. The Balaban J connectivity index is 2.12. The zero-order valence-electron chi connectivity index (χ0n) is 16.1. The van der Waals surface area contributed by atoms with Crippen molar-refractivity contribution in [2.75, 3.05) is 24.6 Å². The minimum absolute atomic E-state index is 0.0138. The van der Waals surface area contributed by atoms with Gasteiger partial charge in [-0.1, -0.05) is 13.3 Å². The SMILES string of the molecule is CCCc1c(N2CCCC2)c(F)cc2c(=O)c(C(=O)OCC)c3sccn3c12. The van der Waals surface area contributed by atoms with E-state index in [4.69, 9.17) is 4.74 Å². The van der Waals surface area contributed by atoms with Crippen LogP contribution in [0.15, 0.2) is 22.4 Å². The van der Waals surface area contributed by atoms with E-state index in [1.54, 1.807) is 6.92 Å². The zero-order valence-corrected chi connectivity index (χ0v) is 16.9. The lowest BCUT2D eigenvalue weighted by molar-refractivity contribution is 0.0527. The number of esters is 1. The maximum atomic E-state index is 15.2. The molecule has 28 heavy (non-hydrogen) atoms. The number of nitrogens with zero attached hydrogens (tertiary/aromatic N) is 2. The van der Waals surface area contributed by atoms with Crippen molar-refractivity contribution >= 4 is 38.7 Å². The molecular weight excluding hydrogens is 379 g/mol. The van der Waals surface area contributed by atoms with Crippen LogP contribution in [-0.4, -0.2) is 30.1 Å². The normalized spacial score (nSPS) is 14.3. The van der Waals surface area contributed by atoms with Crippen LogP contribution in [0.3, 0.4) is 0 Å². The van der Waals surface area contributed by atoms with Crippen LogP contribution in [0.5, 0.6) is 0 Å². The molecule has 1 saturated heterocycles. The first kappa shape index (κ1) is 18.9. The van der Waals surface area contributed by atoms with Gasteiger partial charge in [-0.15, -0.1) is 11.3 Å². The lowest BCUT2D eigenvalue weighted by Gasteiger charge is -2.24. The van der Waals surface area contributed by atoms with E-state index in [0.29, 0.717) is 22.5 Å². The number of halogens is 1. The van der Waals surface area contributed by atoms with E-state index in [1.807, 2.05) is 22.9 Å². The molecule has 0 amide bonds. The Bertz CT molecular complexity index is 1110. The van der Waals surface area contributed by atoms with Crippen molar-refractivity contribution in [2.45, 2.75) is 39.5 Å². The molecule has 0 bridgehead atoms. The molecule has 0 aliphatic carbocycles. The van der Waals surface area contributed by atoms with Crippen LogP contribution in [0.25, 0.3) is 15.7 Å². The lowest BCUT2D eigenvalue weighted by atomic mass is 10.00. The molecular formula is C21H23FN2O3S. The Morgan fingerprint density at radius 2 is 2.04 bits per heavy atom. The zero-order chi connectivity index (χ0) is 19.8. The van der Waals surface area contributed by atoms with Gasteiger partial charge in [0.2, 0.25) is 5.43 Å². The summed E-state index contributed by atoms with van der Waals surface area (Å²) in [5.74, 6) is -1.05. The van der Waals surface area contributed by atoms with Crippen molar-refractivity contribution in [3.63, 3.8) is 0 Å². The third-order valence-corrected chi connectivity index (χ3v) is 6.14. The largest absolute Gasteiger partial charge is 0.462 e. The van der Waals surface area contributed by atoms with Gasteiger partial charge in [0, 0.05) is 30.2 Å².